The maximum absolute atomic E-state index is 13.6. The summed E-state index contributed by atoms with van der Waals surface area (Å²) in [5.74, 6) is 0.0899. The first-order valence-corrected chi connectivity index (χ1v) is 13.2. The van der Waals surface area contributed by atoms with Gasteiger partial charge < -0.3 is 20.1 Å². The number of amides is 2. The molecule has 1 heterocycles. The van der Waals surface area contributed by atoms with Gasteiger partial charge in [0.2, 0.25) is 10.0 Å². The lowest BCUT2D eigenvalue weighted by Gasteiger charge is -2.37. The minimum absolute atomic E-state index is 0.0973. The topological polar surface area (TPSA) is 99.2 Å². The van der Waals surface area contributed by atoms with Crippen molar-refractivity contribution in [3.63, 3.8) is 0 Å². The number of aliphatic hydroxyl groups excluding tert-OH is 1. The smallest absolute Gasteiger partial charge is 0.317 e. The Morgan fingerprint density at radius 1 is 1.39 bits per heavy atom. The van der Waals surface area contributed by atoms with Gasteiger partial charge in [-0.15, -0.1) is 0 Å². The van der Waals surface area contributed by atoms with Gasteiger partial charge in [0.05, 0.1) is 13.2 Å². The van der Waals surface area contributed by atoms with E-state index in [-0.39, 0.29) is 30.0 Å². The van der Waals surface area contributed by atoms with Crippen molar-refractivity contribution in [2.75, 3.05) is 33.3 Å². The summed E-state index contributed by atoms with van der Waals surface area (Å²) in [7, 11) is -2.16. The largest absolute Gasteiger partial charge is 0.487 e. The van der Waals surface area contributed by atoms with Gasteiger partial charge in [-0.1, -0.05) is 26.0 Å². The van der Waals surface area contributed by atoms with Gasteiger partial charge in [-0.3, -0.25) is 0 Å². The molecule has 184 valence electrons. The van der Waals surface area contributed by atoms with Crippen LogP contribution in [-0.4, -0.2) is 74.2 Å². The average Bonchev–Trinajstić information content (AvgIpc) is 3.33. The molecule has 0 radical (unpaired) electrons. The molecule has 8 nitrogen and oxygen atoms in total. The molecule has 2 aliphatic rings. The third kappa shape index (κ3) is 5.70. The van der Waals surface area contributed by atoms with E-state index in [0.29, 0.717) is 18.8 Å². The number of hydrogen-bond donors (Lipinski definition) is 2. The van der Waals surface area contributed by atoms with Gasteiger partial charge >= 0.3 is 6.03 Å². The molecule has 0 spiro atoms. The number of allylic oxidation sites excluding steroid dienone is 2. The molecule has 1 aromatic rings. The van der Waals surface area contributed by atoms with Crippen molar-refractivity contribution in [3.8, 4) is 5.75 Å². The van der Waals surface area contributed by atoms with E-state index in [0.717, 1.165) is 31.2 Å². The van der Waals surface area contributed by atoms with Gasteiger partial charge in [0.15, 0.2) is 0 Å². The maximum atomic E-state index is 13.6. The zero-order valence-electron chi connectivity index (χ0n) is 20.1. The van der Waals surface area contributed by atoms with Crippen LogP contribution >= 0.6 is 0 Å². The minimum atomic E-state index is -3.87. The van der Waals surface area contributed by atoms with Gasteiger partial charge in [-0.05, 0) is 55.9 Å². The molecule has 0 saturated carbocycles. The number of likely N-dealkylation sites (N-methyl/N-ethyl adjacent to an activating group) is 1. The van der Waals surface area contributed by atoms with Gasteiger partial charge in [-0.25, -0.2) is 13.2 Å². The van der Waals surface area contributed by atoms with Crippen molar-refractivity contribution >= 4 is 21.6 Å². The molecule has 0 unspecified atom stereocenters. The van der Waals surface area contributed by atoms with E-state index in [1.54, 1.807) is 24.9 Å². The van der Waals surface area contributed by atoms with Gasteiger partial charge in [0.25, 0.3) is 0 Å². The van der Waals surface area contributed by atoms with E-state index < -0.39 is 22.2 Å². The van der Waals surface area contributed by atoms with E-state index >= 15 is 0 Å². The molecule has 33 heavy (non-hydrogen) atoms. The Hall–Kier alpha value is -2.10. The zero-order chi connectivity index (χ0) is 24.2. The third-order valence-corrected chi connectivity index (χ3v) is 8.43. The average molecular weight is 480 g/mol. The van der Waals surface area contributed by atoms with Crippen molar-refractivity contribution in [2.45, 2.75) is 63.5 Å². The van der Waals surface area contributed by atoms with E-state index in [1.807, 2.05) is 26.0 Å². The van der Waals surface area contributed by atoms with Crippen LogP contribution in [0, 0.1) is 5.92 Å². The molecule has 1 aromatic carbocycles. The number of rotatable bonds is 7. The van der Waals surface area contributed by atoms with Crippen molar-refractivity contribution < 1.29 is 23.1 Å². The molecular weight excluding hydrogens is 442 g/mol. The number of aliphatic hydroxyl groups is 1. The fraction of sp³-hybridized carbons (Fsp3) is 0.625. The molecule has 0 aromatic heterocycles. The number of carbonyl (C=O) groups is 1. The molecular formula is C24H37N3O5S. The van der Waals surface area contributed by atoms with E-state index in [9.17, 15) is 18.3 Å². The summed E-state index contributed by atoms with van der Waals surface area (Å²) in [4.78, 5) is 14.1. The summed E-state index contributed by atoms with van der Waals surface area (Å²) in [6.07, 6.45) is 5.67. The summed E-state index contributed by atoms with van der Waals surface area (Å²) in [6.45, 7) is 6.41. The van der Waals surface area contributed by atoms with Gasteiger partial charge in [0.1, 0.15) is 16.7 Å². The van der Waals surface area contributed by atoms with Gasteiger partial charge in [0, 0.05) is 32.1 Å². The zero-order valence-corrected chi connectivity index (χ0v) is 20.9. The van der Waals surface area contributed by atoms with Crippen LogP contribution in [-0.2, 0) is 10.0 Å². The number of fused-ring (bicyclic) bond motifs is 1. The molecule has 0 bridgehead atoms. The SMILES string of the molecule is CCCNC(=O)N(C)C[C@H]1Oc2cc(C3=CCCC3)ccc2S(=O)(=O)N([C@@H](C)CO)C[C@H]1C. The molecule has 9 heteroatoms. The number of hydrogen-bond acceptors (Lipinski definition) is 5. The number of urea groups is 1. The number of nitrogens with one attached hydrogen (secondary N) is 1. The Labute approximate surface area is 197 Å². The maximum Gasteiger partial charge on any atom is 0.317 e. The lowest BCUT2D eigenvalue weighted by Crippen LogP contribution is -2.51. The Morgan fingerprint density at radius 3 is 2.79 bits per heavy atom. The first kappa shape index (κ1) is 25.5. The van der Waals surface area contributed by atoms with Crippen LogP contribution < -0.4 is 10.1 Å². The van der Waals surface area contributed by atoms with E-state index in [2.05, 4.69) is 11.4 Å². The molecule has 0 saturated heterocycles. The second-order valence-corrected chi connectivity index (χ2v) is 11.0. The van der Waals surface area contributed by atoms with Crippen molar-refractivity contribution in [2.24, 2.45) is 5.92 Å². The molecule has 2 N–H and O–H groups in total. The van der Waals surface area contributed by atoms with Crippen LogP contribution in [0.3, 0.4) is 0 Å². The molecule has 1 aliphatic heterocycles. The lowest BCUT2D eigenvalue weighted by molar-refractivity contribution is 0.0812. The highest BCUT2D eigenvalue weighted by atomic mass is 32.2. The highest BCUT2D eigenvalue weighted by Gasteiger charge is 2.38. The Morgan fingerprint density at radius 2 is 2.15 bits per heavy atom. The summed E-state index contributed by atoms with van der Waals surface area (Å²) in [5.41, 5.74) is 2.16. The summed E-state index contributed by atoms with van der Waals surface area (Å²) in [6, 6.07) is 4.50. The van der Waals surface area contributed by atoms with Crippen LogP contribution in [0.4, 0.5) is 4.79 Å². The molecule has 2 amide bonds. The van der Waals surface area contributed by atoms with Crippen LogP contribution in [0.5, 0.6) is 5.75 Å². The lowest BCUT2D eigenvalue weighted by atomic mass is 10.0. The number of nitrogens with zero attached hydrogens (tertiary/aromatic N) is 2. The van der Waals surface area contributed by atoms with Crippen molar-refractivity contribution in [1.29, 1.82) is 0 Å². The van der Waals surface area contributed by atoms with E-state index in [4.69, 9.17) is 4.74 Å². The molecule has 0 fully saturated rings. The second kappa shape index (κ2) is 10.9. The van der Waals surface area contributed by atoms with Crippen LogP contribution in [0.25, 0.3) is 5.57 Å². The van der Waals surface area contributed by atoms with Crippen molar-refractivity contribution in [3.05, 3.63) is 29.8 Å². The monoisotopic (exact) mass is 479 g/mol. The van der Waals surface area contributed by atoms with Crippen LogP contribution in [0.2, 0.25) is 0 Å². The number of ether oxygens (including phenoxy) is 1. The predicted octanol–water partition coefficient (Wildman–Crippen LogP) is 3.07. The Balaban J connectivity index is 2.00. The molecule has 3 atom stereocenters. The summed E-state index contributed by atoms with van der Waals surface area (Å²) in [5, 5.41) is 12.6. The van der Waals surface area contributed by atoms with Crippen LogP contribution in [0.1, 0.15) is 52.0 Å². The van der Waals surface area contributed by atoms with E-state index in [1.165, 1.54) is 9.88 Å². The first-order chi connectivity index (χ1) is 15.7. The first-order valence-electron chi connectivity index (χ1n) is 11.8. The fourth-order valence-electron chi connectivity index (χ4n) is 4.30. The second-order valence-electron chi connectivity index (χ2n) is 9.14. The van der Waals surface area contributed by atoms with Crippen molar-refractivity contribution in [1.82, 2.24) is 14.5 Å². The van der Waals surface area contributed by atoms with Crippen LogP contribution in [0.15, 0.2) is 29.2 Å². The number of benzene rings is 1. The quantitative estimate of drug-likeness (QED) is 0.626. The Kier molecular flexibility index (Phi) is 8.42. The minimum Gasteiger partial charge on any atom is -0.487 e. The normalized spacial score (nSPS) is 23.5. The summed E-state index contributed by atoms with van der Waals surface area (Å²) < 4.78 is 34.8. The fourth-order valence-corrected chi connectivity index (χ4v) is 6.12. The molecule has 1 aliphatic carbocycles. The molecule has 3 rings (SSSR count). The summed E-state index contributed by atoms with van der Waals surface area (Å²) >= 11 is 0. The Bertz CT molecular complexity index is 978. The predicted molar refractivity (Wildman–Crippen MR) is 129 cm³/mol. The highest BCUT2D eigenvalue weighted by molar-refractivity contribution is 7.89. The number of sulfonamides is 1. The van der Waals surface area contributed by atoms with Gasteiger partial charge in [-0.2, -0.15) is 4.31 Å². The highest BCUT2D eigenvalue weighted by Crippen LogP contribution is 2.37. The standard InChI is InChI=1S/C24H37N3O5S/c1-5-12-25-24(29)26(4)15-22-17(2)14-27(18(3)16-28)33(30,31)23-11-10-20(13-21(23)32-22)19-8-6-7-9-19/h8,10-11,13,17-18,22,28H,5-7,9,12,14-16H2,1-4H3,(H,25,29)/t17-,18+,22-/m1/s1. The number of carbonyl (C=O) groups excluding carboxylic acids is 1. The third-order valence-electron chi connectivity index (χ3n) is 6.41.